The molecule has 2 aromatic carbocycles. The van der Waals surface area contributed by atoms with Crippen LogP contribution in [0.4, 0.5) is 0 Å². The first-order valence-electron chi connectivity index (χ1n) is 17.2. The lowest BCUT2D eigenvalue weighted by atomic mass is 9.80. The molecule has 47 heavy (non-hydrogen) atoms. The molecule has 8 rings (SSSR count). The standard InChI is InChI=1S/C36H45N5O5S/c1-38(2)47(44,45)37-34(42)23-12-14-27-30(17-23)41-33(32(27)22-9-6-5-7-10-22)26-15-13-25(46-4)18-28(26)29-19-36(29,41)35(43)40-20-24-11-8-16-39(3)31(24)21-40/h12-15,17-18,22,24,29,31H,5-11,16,19-21H2,1-4H3,(H,37,42). The Bertz CT molecular complexity index is 1900. The molecule has 2 saturated carbocycles. The number of nitrogens with one attached hydrogen (secondary N) is 1. The van der Waals surface area contributed by atoms with Crippen molar-refractivity contribution >= 4 is 32.9 Å². The topological polar surface area (TPSA) is 104 Å². The highest BCUT2D eigenvalue weighted by molar-refractivity contribution is 7.87. The Kier molecular flexibility index (Phi) is 7.27. The monoisotopic (exact) mass is 659 g/mol. The maximum atomic E-state index is 15.1. The Morgan fingerprint density at radius 2 is 1.79 bits per heavy atom. The molecule has 4 atom stereocenters. The van der Waals surface area contributed by atoms with E-state index in [9.17, 15) is 13.2 Å². The van der Waals surface area contributed by atoms with Crippen LogP contribution < -0.4 is 9.46 Å². The summed E-state index contributed by atoms with van der Waals surface area (Å²) in [6.07, 6.45) is 8.68. The number of likely N-dealkylation sites (N-methyl/N-ethyl adjacent to an activating group) is 1. The number of ether oxygens (including phenoxy) is 1. The molecule has 1 N–H and O–H groups in total. The normalized spacial score (nSPS) is 27.3. The molecule has 0 bridgehead atoms. The molecule has 0 spiro atoms. The fourth-order valence-corrected chi connectivity index (χ4v) is 9.96. The number of piperidine rings is 1. The summed E-state index contributed by atoms with van der Waals surface area (Å²) < 4.78 is 36.4. The van der Waals surface area contributed by atoms with E-state index in [1.54, 1.807) is 13.2 Å². The molecule has 5 aliphatic rings. The van der Waals surface area contributed by atoms with Crippen LogP contribution >= 0.6 is 0 Å². The van der Waals surface area contributed by atoms with E-state index < -0.39 is 21.7 Å². The van der Waals surface area contributed by atoms with E-state index in [0.717, 1.165) is 95.9 Å². The largest absolute Gasteiger partial charge is 0.497 e. The summed E-state index contributed by atoms with van der Waals surface area (Å²) in [6, 6.07) is 12.2. The van der Waals surface area contributed by atoms with Crippen LogP contribution in [-0.2, 0) is 20.5 Å². The van der Waals surface area contributed by atoms with Crippen LogP contribution in [0.15, 0.2) is 36.4 Å². The number of likely N-dealkylation sites (tertiary alicyclic amines) is 2. The molecule has 10 nitrogen and oxygen atoms in total. The molecule has 2 saturated heterocycles. The van der Waals surface area contributed by atoms with Crippen molar-refractivity contribution in [2.24, 2.45) is 5.92 Å². The number of amides is 2. The van der Waals surface area contributed by atoms with Gasteiger partial charge in [-0.2, -0.15) is 12.7 Å². The van der Waals surface area contributed by atoms with Crippen molar-refractivity contribution in [3.8, 4) is 17.0 Å². The smallest absolute Gasteiger partial charge is 0.303 e. The number of carbonyl (C=O) groups excluding carboxylic acids is 2. The van der Waals surface area contributed by atoms with Crippen molar-refractivity contribution in [2.45, 2.75) is 74.8 Å². The first-order chi connectivity index (χ1) is 22.5. The third kappa shape index (κ3) is 4.67. The highest BCUT2D eigenvalue weighted by Crippen LogP contribution is 2.67. The van der Waals surface area contributed by atoms with E-state index in [1.807, 2.05) is 18.2 Å². The summed E-state index contributed by atoms with van der Waals surface area (Å²) in [7, 11) is 2.67. The number of benzene rings is 2. The maximum Gasteiger partial charge on any atom is 0.303 e. The van der Waals surface area contributed by atoms with Gasteiger partial charge in [0, 0.05) is 55.7 Å². The lowest BCUT2D eigenvalue weighted by Gasteiger charge is -2.34. The van der Waals surface area contributed by atoms with Gasteiger partial charge in [-0.05, 0) is 99.0 Å². The van der Waals surface area contributed by atoms with Crippen molar-refractivity contribution in [1.82, 2.24) is 23.4 Å². The lowest BCUT2D eigenvalue weighted by molar-refractivity contribution is -0.135. The molecule has 4 fully saturated rings. The van der Waals surface area contributed by atoms with Gasteiger partial charge in [0.1, 0.15) is 11.3 Å². The van der Waals surface area contributed by atoms with Crippen LogP contribution in [0.1, 0.15) is 84.7 Å². The molecule has 250 valence electrons. The van der Waals surface area contributed by atoms with Gasteiger partial charge in [0.25, 0.3) is 5.91 Å². The minimum absolute atomic E-state index is 0.0191. The summed E-state index contributed by atoms with van der Waals surface area (Å²) in [5, 5.41) is 1.05. The van der Waals surface area contributed by atoms with Gasteiger partial charge in [-0.1, -0.05) is 25.3 Å². The lowest BCUT2D eigenvalue weighted by Crippen LogP contribution is -2.45. The minimum Gasteiger partial charge on any atom is -0.497 e. The van der Waals surface area contributed by atoms with Crippen molar-refractivity contribution in [1.29, 1.82) is 0 Å². The SMILES string of the molecule is COc1ccc2c(c1)C1CC1(C(=O)N1CC3CCCN(C)C3C1)n1c-2c(C2CCCCC2)c2ccc(C(=O)NS(=O)(=O)N(C)C)cc21. The molecule has 1 aromatic heterocycles. The van der Waals surface area contributed by atoms with Gasteiger partial charge in [0.05, 0.1) is 18.3 Å². The summed E-state index contributed by atoms with van der Waals surface area (Å²) in [5.41, 5.74) is 4.91. The second-order valence-corrected chi connectivity index (χ2v) is 16.6. The predicted molar refractivity (Wildman–Crippen MR) is 181 cm³/mol. The Balaban J connectivity index is 1.33. The molecule has 4 unspecified atom stereocenters. The summed E-state index contributed by atoms with van der Waals surface area (Å²) >= 11 is 0. The quantitative estimate of drug-likeness (QED) is 0.414. The Hall–Kier alpha value is -3.41. The number of aromatic nitrogens is 1. The average Bonchev–Trinajstić information content (AvgIpc) is 3.51. The van der Waals surface area contributed by atoms with Crippen molar-refractivity contribution < 1.29 is 22.7 Å². The van der Waals surface area contributed by atoms with Crippen molar-refractivity contribution in [3.05, 3.63) is 53.1 Å². The van der Waals surface area contributed by atoms with Crippen molar-refractivity contribution in [3.63, 3.8) is 0 Å². The van der Waals surface area contributed by atoms with Crippen LogP contribution in [0.3, 0.4) is 0 Å². The molecule has 3 aliphatic heterocycles. The van der Waals surface area contributed by atoms with Gasteiger partial charge in [-0.25, -0.2) is 4.72 Å². The van der Waals surface area contributed by atoms with Gasteiger partial charge in [0.2, 0.25) is 5.91 Å². The summed E-state index contributed by atoms with van der Waals surface area (Å²) in [4.78, 5) is 33.1. The maximum absolute atomic E-state index is 15.1. The van der Waals surface area contributed by atoms with Gasteiger partial charge in [0.15, 0.2) is 0 Å². The van der Waals surface area contributed by atoms with Crippen LogP contribution in [0.25, 0.3) is 22.2 Å². The Labute approximate surface area is 277 Å². The fourth-order valence-electron chi connectivity index (χ4n) is 9.42. The van der Waals surface area contributed by atoms with Crippen LogP contribution in [0.5, 0.6) is 5.75 Å². The van der Waals surface area contributed by atoms with E-state index in [1.165, 1.54) is 26.1 Å². The highest BCUT2D eigenvalue weighted by atomic mass is 32.2. The first-order valence-corrected chi connectivity index (χ1v) is 18.6. The number of hydrogen-bond donors (Lipinski definition) is 1. The fraction of sp³-hybridized carbons (Fsp3) is 0.556. The number of rotatable bonds is 6. The zero-order chi connectivity index (χ0) is 32.8. The van der Waals surface area contributed by atoms with E-state index in [4.69, 9.17) is 4.74 Å². The minimum atomic E-state index is -3.98. The van der Waals surface area contributed by atoms with Crippen LogP contribution in [-0.4, -0.2) is 92.8 Å². The van der Waals surface area contributed by atoms with Crippen LogP contribution in [0, 0.1) is 5.92 Å². The third-order valence-corrected chi connectivity index (χ3v) is 13.3. The van der Waals surface area contributed by atoms with Gasteiger partial charge < -0.3 is 19.1 Å². The predicted octanol–water partition coefficient (Wildman–Crippen LogP) is 4.65. The number of methoxy groups -OCH3 is 1. The molecule has 2 amide bonds. The first kappa shape index (κ1) is 30.9. The molecule has 4 heterocycles. The van der Waals surface area contributed by atoms with E-state index >= 15 is 4.79 Å². The second-order valence-electron chi connectivity index (χ2n) is 14.7. The van der Waals surface area contributed by atoms with Gasteiger partial charge in [-0.3, -0.25) is 9.59 Å². The third-order valence-electron chi connectivity index (χ3n) is 11.9. The average molecular weight is 660 g/mol. The molecular weight excluding hydrogens is 614 g/mol. The van der Waals surface area contributed by atoms with E-state index in [-0.39, 0.29) is 17.4 Å². The summed E-state index contributed by atoms with van der Waals surface area (Å²) in [6.45, 7) is 2.57. The zero-order valence-electron chi connectivity index (χ0n) is 27.8. The number of nitrogens with zero attached hydrogens (tertiary/aromatic N) is 4. The van der Waals surface area contributed by atoms with Gasteiger partial charge >= 0.3 is 10.2 Å². The van der Waals surface area contributed by atoms with Gasteiger partial charge in [-0.15, -0.1) is 0 Å². The van der Waals surface area contributed by atoms with Crippen molar-refractivity contribution in [2.75, 3.05) is 47.9 Å². The number of hydrogen-bond acceptors (Lipinski definition) is 6. The Morgan fingerprint density at radius 3 is 2.51 bits per heavy atom. The highest BCUT2D eigenvalue weighted by Gasteiger charge is 2.67. The molecular formula is C36H45N5O5S. The Morgan fingerprint density at radius 1 is 1.00 bits per heavy atom. The van der Waals surface area contributed by atoms with Crippen LogP contribution in [0.2, 0.25) is 0 Å². The number of carbonyl (C=O) groups is 2. The molecule has 2 aliphatic carbocycles. The summed E-state index contributed by atoms with van der Waals surface area (Å²) in [5.74, 6) is 1.06. The second kappa shape index (κ2) is 11.1. The number of fused-ring (bicyclic) bond motifs is 9. The zero-order valence-corrected chi connectivity index (χ0v) is 28.6. The molecule has 0 radical (unpaired) electrons. The van der Waals surface area contributed by atoms with E-state index in [0.29, 0.717) is 24.3 Å². The molecule has 3 aromatic rings. The van der Waals surface area contributed by atoms with E-state index in [2.05, 4.69) is 38.3 Å². The molecule has 11 heteroatoms.